The van der Waals surface area contributed by atoms with Gasteiger partial charge in [-0.1, -0.05) is 84.9 Å². The van der Waals surface area contributed by atoms with Crippen molar-refractivity contribution < 1.29 is 17.9 Å². The normalized spacial score (nSPS) is 16.4. The number of hydrogen-bond acceptors (Lipinski definition) is 4. The first kappa shape index (κ1) is 25.0. The number of nitrogens with zero attached hydrogens (tertiary/aromatic N) is 2. The van der Waals surface area contributed by atoms with E-state index in [9.17, 15) is 13.2 Å². The third-order valence-corrected chi connectivity index (χ3v) is 8.11. The van der Waals surface area contributed by atoms with Gasteiger partial charge in [0, 0.05) is 23.7 Å². The van der Waals surface area contributed by atoms with Crippen LogP contribution in [0.15, 0.2) is 91.1 Å². The molecule has 0 unspecified atom stereocenters. The molecule has 0 fully saturated rings. The minimum absolute atomic E-state index is 0.120. The smallest absolute Gasteiger partial charge is 0.419 e. The van der Waals surface area contributed by atoms with Gasteiger partial charge in [-0.05, 0) is 43.5 Å². The van der Waals surface area contributed by atoms with Gasteiger partial charge in [-0.15, -0.1) is 0 Å². The Kier molecular flexibility index (Phi) is 6.52. The Labute approximate surface area is 217 Å². The van der Waals surface area contributed by atoms with E-state index in [0.717, 1.165) is 27.6 Å². The second kappa shape index (κ2) is 9.65. The summed E-state index contributed by atoms with van der Waals surface area (Å²) in [5.74, 6) is -0.120. The predicted molar refractivity (Wildman–Crippen MR) is 147 cm³/mol. The molecule has 0 radical (unpaired) electrons. The van der Waals surface area contributed by atoms with Gasteiger partial charge in [-0.3, -0.25) is 4.57 Å². The molecule has 0 N–H and O–H groups in total. The Hall–Kier alpha value is -3.68. The summed E-state index contributed by atoms with van der Waals surface area (Å²) in [5.41, 5.74) is 3.25. The van der Waals surface area contributed by atoms with Crippen molar-refractivity contribution in [1.82, 2.24) is 8.87 Å². The van der Waals surface area contributed by atoms with Crippen molar-refractivity contribution in [2.75, 3.05) is 6.54 Å². The van der Waals surface area contributed by atoms with Gasteiger partial charge >= 0.3 is 6.09 Å². The van der Waals surface area contributed by atoms with Gasteiger partial charge < -0.3 is 4.74 Å². The number of fused-ring (bicyclic) bond motifs is 2. The highest BCUT2D eigenvalue weighted by atomic mass is 32.2. The van der Waals surface area contributed by atoms with Gasteiger partial charge in [-0.2, -0.15) is 4.31 Å². The van der Waals surface area contributed by atoms with Crippen LogP contribution >= 0.6 is 0 Å². The SMILES string of the molecule is CC(C)(C)OC(=O)n1cc([C@@H]2c3ccccc3C=CCN2S(=O)(=O)Cc2ccccc2)c2ccccc21. The van der Waals surface area contributed by atoms with E-state index in [0.29, 0.717) is 5.52 Å². The Morgan fingerprint density at radius 3 is 2.35 bits per heavy atom. The first-order chi connectivity index (χ1) is 17.6. The Bertz CT molecular complexity index is 1580. The summed E-state index contributed by atoms with van der Waals surface area (Å²) in [4.78, 5) is 13.2. The number of ether oxygens (including phenoxy) is 1. The molecule has 1 atom stereocenters. The van der Waals surface area contributed by atoms with Crippen molar-refractivity contribution in [2.24, 2.45) is 0 Å². The summed E-state index contributed by atoms with van der Waals surface area (Å²) < 4.78 is 36.6. The van der Waals surface area contributed by atoms with Crippen LogP contribution in [-0.2, 0) is 20.5 Å². The van der Waals surface area contributed by atoms with Crippen LogP contribution < -0.4 is 0 Å². The zero-order valence-electron chi connectivity index (χ0n) is 21.2. The first-order valence-electron chi connectivity index (χ1n) is 12.3. The number of para-hydroxylation sites is 1. The van der Waals surface area contributed by atoms with Gasteiger partial charge in [0.15, 0.2) is 0 Å². The molecule has 37 heavy (non-hydrogen) atoms. The molecule has 1 aliphatic heterocycles. The minimum Gasteiger partial charge on any atom is -0.443 e. The molecule has 3 aromatic carbocycles. The monoisotopic (exact) mass is 514 g/mol. The molecule has 4 aromatic rings. The lowest BCUT2D eigenvalue weighted by Gasteiger charge is -2.30. The summed E-state index contributed by atoms with van der Waals surface area (Å²) in [6.45, 7) is 5.67. The van der Waals surface area contributed by atoms with Crippen LogP contribution in [0.4, 0.5) is 4.79 Å². The van der Waals surface area contributed by atoms with E-state index in [1.807, 2.05) is 112 Å². The predicted octanol–water partition coefficient (Wildman–Crippen LogP) is 6.37. The standard InChI is InChI=1S/C30H30N2O4S/c1-30(2,3)36-29(33)31-20-26(25-17-9-10-18-27(25)31)28-24-16-8-7-14-23(24)15-11-19-32(28)37(34,35)21-22-12-5-4-6-13-22/h4-18,20,28H,19,21H2,1-3H3/t28-/m0/s1. The fourth-order valence-corrected chi connectivity index (χ4v) is 6.45. The summed E-state index contributed by atoms with van der Waals surface area (Å²) in [6.07, 6.45) is 5.08. The number of rotatable bonds is 4. The number of hydrogen-bond donors (Lipinski definition) is 0. The van der Waals surface area contributed by atoms with E-state index in [-0.39, 0.29) is 12.3 Å². The average molecular weight is 515 g/mol. The van der Waals surface area contributed by atoms with E-state index >= 15 is 0 Å². The van der Waals surface area contributed by atoms with Crippen molar-refractivity contribution in [2.45, 2.75) is 38.2 Å². The Balaban J connectivity index is 1.70. The molecule has 7 heteroatoms. The van der Waals surface area contributed by atoms with Crippen LogP contribution in [0.5, 0.6) is 0 Å². The molecule has 0 bridgehead atoms. The van der Waals surface area contributed by atoms with Gasteiger partial charge in [0.25, 0.3) is 0 Å². The molecular weight excluding hydrogens is 484 g/mol. The number of carbonyl (C=O) groups excluding carboxylic acids is 1. The fraction of sp³-hybridized carbons (Fsp3) is 0.233. The quantitative estimate of drug-likeness (QED) is 0.317. The molecule has 190 valence electrons. The topological polar surface area (TPSA) is 68.6 Å². The van der Waals surface area contributed by atoms with E-state index in [1.165, 1.54) is 4.57 Å². The maximum atomic E-state index is 14.0. The zero-order valence-corrected chi connectivity index (χ0v) is 22.0. The van der Waals surface area contributed by atoms with Crippen molar-refractivity contribution in [3.8, 4) is 0 Å². The molecule has 1 aromatic heterocycles. The highest BCUT2D eigenvalue weighted by Gasteiger charge is 2.36. The molecule has 0 aliphatic carbocycles. The van der Waals surface area contributed by atoms with E-state index in [1.54, 1.807) is 10.5 Å². The lowest BCUT2D eigenvalue weighted by atomic mass is 9.94. The average Bonchev–Trinajstić information content (AvgIpc) is 3.11. The summed E-state index contributed by atoms with van der Waals surface area (Å²) >= 11 is 0. The van der Waals surface area contributed by atoms with E-state index in [4.69, 9.17) is 4.74 Å². The van der Waals surface area contributed by atoms with Crippen LogP contribution in [0.1, 0.15) is 49.1 Å². The molecule has 5 rings (SSSR count). The second-order valence-electron chi connectivity index (χ2n) is 10.2. The lowest BCUT2D eigenvalue weighted by molar-refractivity contribution is 0.0544. The largest absolute Gasteiger partial charge is 0.443 e. The first-order valence-corrected chi connectivity index (χ1v) is 13.9. The van der Waals surface area contributed by atoms with Crippen LogP contribution in [0.25, 0.3) is 17.0 Å². The Morgan fingerprint density at radius 2 is 1.59 bits per heavy atom. The van der Waals surface area contributed by atoms with Crippen LogP contribution in [0, 0.1) is 0 Å². The van der Waals surface area contributed by atoms with E-state index in [2.05, 4.69) is 0 Å². The zero-order chi connectivity index (χ0) is 26.2. The number of sulfonamides is 1. The van der Waals surface area contributed by atoms with Gasteiger partial charge in [0.1, 0.15) is 5.60 Å². The number of benzene rings is 3. The fourth-order valence-electron chi connectivity index (χ4n) is 4.81. The maximum absolute atomic E-state index is 14.0. The summed E-state index contributed by atoms with van der Waals surface area (Å²) in [6, 6.07) is 23.9. The molecule has 6 nitrogen and oxygen atoms in total. The Morgan fingerprint density at radius 1 is 0.919 bits per heavy atom. The van der Waals surface area contributed by atoms with Gasteiger partial charge in [0.05, 0.1) is 17.3 Å². The molecular formula is C30H30N2O4S. The van der Waals surface area contributed by atoms with Gasteiger partial charge in [-0.25, -0.2) is 13.2 Å². The second-order valence-corrected chi connectivity index (χ2v) is 12.1. The summed E-state index contributed by atoms with van der Waals surface area (Å²) in [7, 11) is -3.75. The summed E-state index contributed by atoms with van der Waals surface area (Å²) in [5, 5.41) is 0.801. The molecule has 0 spiro atoms. The van der Waals surface area contributed by atoms with Crippen molar-refractivity contribution in [3.05, 3.63) is 113 Å². The van der Waals surface area contributed by atoms with Crippen molar-refractivity contribution in [1.29, 1.82) is 0 Å². The molecule has 1 aliphatic rings. The maximum Gasteiger partial charge on any atom is 0.419 e. The minimum atomic E-state index is -3.75. The molecule has 2 heterocycles. The van der Waals surface area contributed by atoms with E-state index < -0.39 is 27.8 Å². The third kappa shape index (κ3) is 5.10. The van der Waals surface area contributed by atoms with Crippen molar-refractivity contribution in [3.63, 3.8) is 0 Å². The third-order valence-electron chi connectivity index (χ3n) is 6.34. The highest BCUT2D eigenvalue weighted by molar-refractivity contribution is 7.88. The van der Waals surface area contributed by atoms with Crippen molar-refractivity contribution >= 4 is 33.1 Å². The van der Waals surface area contributed by atoms with Crippen LogP contribution in [0.3, 0.4) is 0 Å². The van der Waals surface area contributed by atoms with Gasteiger partial charge in [0.2, 0.25) is 10.0 Å². The molecule has 0 amide bonds. The van der Waals surface area contributed by atoms with Crippen LogP contribution in [-0.4, -0.2) is 35.5 Å². The highest BCUT2D eigenvalue weighted by Crippen LogP contribution is 2.40. The van der Waals surface area contributed by atoms with Crippen LogP contribution in [0.2, 0.25) is 0 Å². The number of carbonyl (C=O) groups is 1. The molecule has 0 saturated carbocycles. The number of aromatic nitrogens is 1. The molecule has 0 saturated heterocycles. The lowest BCUT2D eigenvalue weighted by Crippen LogP contribution is -2.36.